The van der Waals surface area contributed by atoms with E-state index < -0.39 is 9.84 Å². The fraction of sp³-hybridized carbons (Fsp3) is 0.348. The van der Waals surface area contributed by atoms with Gasteiger partial charge < -0.3 is 14.6 Å². The number of carbonyl (C=O) groups is 1. The number of para-hydroxylation sites is 1. The highest BCUT2D eigenvalue weighted by molar-refractivity contribution is 7.91. The Balaban J connectivity index is 1.41. The highest BCUT2D eigenvalue weighted by Gasteiger charge is 2.26. The van der Waals surface area contributed by atoms with Crippen LogP contribution in [0.1, 0.15) is 34.7 Å². The molecule has 0 unspecified atom stereocenters. The van der Waals surface area contributed by atoms with Crippen LogP contribution in [0.25, 0.3) is 10.9 Å². The van der Waals surface area contributed by atoms with E-state index in [9.17, 15) is 13.2 Å². The van der Waals surface area contributed by atoms with Crippen LogP contribution in [0.5, 0.6) is 0 Å². The van der Waals surface area contributed by atoms with Crippen molar-refractivity contribution >= 4 is 26.6 Å². The number of benzene rings is 2. The Morgan fingerprint density at radius 2 is 1.80 bits per heavy atom. The van der Waals surface area contributed by atoms with E-state index in [2.05, 4.69) is 29.4 Å². The van der Waals surface area contributed by atoms with Gasteiger partial charge in [-0.2, -0.15) is 0 Å². The zero-order valence-electron chi connectivity index (χ0n) is 17.0. The molecule has 158 valence electrons. The van der Waals surface area contributed by atoms with Gasteiger partial charge in [0.25, 0.3) is 5.91 Å². The number of amides is 1. The van der Waals surface area contributed by atoms with Gasteiger partial charge >= 0.3 is 0 Å². The number of nitrogens with one attached hydrogen (secondary N) is 1. The number of ether oxygens (including phenoxy) is 1. The van der Waals surface area contributed by atoms with Crippen LogP contribution in [-0.4, -0.2) is 56.8 Å². The number of carbonyl (C=O) groups excluding carboxylic acids is 1. The van der Waals surface area contributed by atoms with Crippen LogP contribution in [0.2, 0.25) is 0 Å². The maximum atomic E-state index is 12.9. The molecule has 2 aromatic carbocycles. The number of nitrogens with zero attached hydrogens (tertiary/aromatic N) is 1. The van der Waals surface area contributed by atoms with E-state index in [1.54, 1.807) is 12.1 Å². The Hall–Kier alpha value is -2.64. The number of aromatic nitrogens is 1. The molecule has 3 aromatic rings. The third-order valence-corrected chi connectivity index (χ3v) is 7.55. The molecule has 1 aromatic heterocycles. The third kappa shape index (κ3) is 4.13. The molecule has 0 aliphatic carbocycles. The van der Waals surface area contributed by atoms with Crippen LogP contribution >= 0.6 is 0 Å². The van der Waals surface area contributed by atoms with E-state index >= 15 is 0 Å². The molecule has 30 heavy (non-hydrogen) atoms. The molecule has 0 saturated carbocycles. The molecule has 1 aliphatic rings. The van der Waals surface area contributed by atoms with E-state index in [0.717, 1.165) is 18.4 Å². The Labute approximate surface area is 176 Å². The van der Waals surface area contributed by atoms with E-state index in [-0.39, 0.29) is 23.2 Å². The summed E-state index contributed by atoms with van der Waals surface area (Å²) in [6, 6.07) is 14.5. The fourth-order valence-corrected chi connectivity index (χ4v) is 5.30. The lowest BCUT2D eigenvalue weighted by atomic mass is 9.89. The largest absolute Gasteiger partial charge is 0.384 e. The average Bonchev–Trinajstić information content (AvgIpc) is 3.22. The lowest BCUT2D eigenvalue weighted by Crippen LogP contribution is -2.37. The molecule has 0 radical (unpaired) electrons. The Morgan fingerprint density at radius 3 is 2.50 bits per heavy atom. The van der Waals surface area contributed by atoms with Crippen molar-refractivity contribution in [3.05, 3.63) is 65.9 Å². The number of rotatable bonds is 6. The van der Waals surface area contributed by atoms with Gasteiger partial charge in [0.1, 0.15) is 0 Å². The summed E-state index contributed by atoms with van der Waals surface area (Å²) in [5.41, 5.74) is 2.99. The van der Waals surface area contributed by atoms with Crippen molar-refractivity contribution in [1.29, 1.82) is 0 Å². The molecule has 0 atom stereocenters. The Kier molecular flexibility index (Phi) is 5.92. The topological polar surface area (TPSA) is 79.5 Å². The van der Waals surface area contributed by atoms with E-state index in [1.807, 2.05) is 11.0 Å². The van der Waals surface area contributed by atoms with Gasteiger partial charge in [0, 0.05) is 42.9 Å². The standard InChI is InChI=1S/C23H26N2O4S/c1-29-14-15-30(27,28)19-8-6-18(7-9-19)23(26)25-12-10-17(11-13-25)21-16-24-22-5-3-2-4-20(21)22/h2-9,16-17,24H,10-15H2,1H3. The van der Waals surface area contributed by atoms with Crippen LogP contribution < -0.4 is 0 Å². The van der Waals surface area contributed by atoms with E-state index in [4.69, 9.17) is 4.74 Å². The molecule has 4 rings (SSSR count). The number of sulfone groups is 1. The molecule has 1 aliphatic heterocycles. The number of piperidine rings is 1. The summed E-state index contributed by atoms with van der Waals surface area (Å²) in [7, 11) is -1.92. The summed E-state index contributed by atoms with van der Waals surface area (Å²) in [4.78, 5) is 18.3. The summed E-state index contributed by atoms with van der Waals surface area (Å²) >= 11 is 0. The van der Waals surface area contributed by atoms with Crippen molar-refractivity contribution in [2.24, 2.45) is 0 Å². The van der Waals surface area contributed by atoms with Gasteiger partial charge in [0.15, 0.2) is 9.84 Å². The summed E-state index contributed by atoms with van der Waals surface area (Å²) in [6.45, 7) is 1.53. The van der Waals surface area contributed by atoms with Gasteiger partial charge in [-0.3, -0.25) is 4.79 Å². The van der Waals surface area contributed by atoms with Crippen LogP contribution in [0, 0.1) is 0 Å². The first kappa shape index (κ1) is 20.6. The second-order valence-electron chi connectivity index (χ2n) is 7.69. The lowest BCUT2D eigenvalue weighted by Gasteiger charge is -2.32. The molecule has 1 fully saturated rings. The van der Waals surface area contributed by atoms with E-state index in [1.165, 1.54) is 30.2 Å². The van der Waals surface area contributed by atoms with Crippen molar-refractivity contribution in [2.45, 2.75) is 23.7 Å². The van der Waals surface area contributed by atoms with Crippen molar-refractivity contribution < 1.29 is 17.9 Å². The zero-order chi connectivity index (χ0) is 21.1. The quantitative estimate of drug-likeness (QED) is 0.653. The number of fused-ring (bicyclic) bond motifs is 1. The first-order valence-corrected chi connectivity index (χ1v) is 11.8. The van der Waals surface area contributed by atoms with Gasteiger partial charge in [-0.1, -0.05) is 18.2 Å². The van der Waals surface area contributed by atoms with Crippen LogP contribution in [0.4, 0.5) is 0 Å². The highest BCUT2D eigenvalue weighted by atomic mass is 32.2. The normalized spacial score (nSPS) is 15.6. The number of hydrogen-bond donors (Lipinski definition) is 1. The monoisotopic (exact) mass is 426 g/mol. The number of methoxy groups -OCH3 is 1. The summed E-state index contributed by atoms with van der Waals surface area (Å²) in [5.74, 6) is 0.310. The molecule has 1 saturated heterocycles. The van der Waals surface area contributed by atoms with Crippen molar-refractivity contribution in [3.8, 4) is 0 Å². The fourth-order valence-electron chi connectivity index (χ4n) is 4.12. The minimum Gasteiger partial charge on any atom is -0.384 e. The SMILES string of the molecule is COCCS(=O)(=O)c1ccc(C(=O)N2CCC(c3c[nH]c4ccccc34)CC2)cc1. The van der Waals surface area contributed by atoms with E-state index in [0.29, 0.717) is 24.6 Å². The number of likely N-dealkylation sites (tertiary alicyclic amines) is 1. The molecular formula is C23H26N2O4S. The van der Waals surface area contributed by atoms with Crippen LogP contribution in [-0.2, 0) is 14.6 Å². The average molecular weight is 427 g/mol. The first-order valence-electron chi connectivity index (χ1n) is 10.2. The summed E-state index contributed by atoms with van der Waals surface area (Å²) in [5, 5.41) is 1.26. The Morgan fingerprint density at radius 1 is 1.10 bits per heavy atom. The minimum atomic E-state index is -3.39. The minimum absolute atomic E-state index is 0.0479. The van der Waals surface area contributed by atoms with Gasteiger partial charge in [-0.05, 0) is 54.7 Å². The van der Waals surface area contributed by atoms with Gasteiger partial charge in [-0.15, -0.1) is 0 Å². The molecule has 0 spiro atoms. The second-order valence-corrected chi connectivity index (χ2v) is 9.80. The molecule has 7 heteroatoms. The number of aromatic amines is 1. The van der Waals surface area contributed by atoms with Gasteiger partial charge in [0.05, 0.1) is 17.3 Å². The lowest BCUT2D eigenvalue weighted by molar-refractivity contribution is 0.0713. The third-order valence-electron chi connectivity index (χ3n) is 5.86. The molecule has 1 amide bonds. The Bertz CT molecular complexity index is 1130. The molecule has 2 heterocycles. The van der Waals surface area contributed by atoms with Crippen molar-refractivity contribution in [2.75, 3.05) is 32.6 Å². The second kappa shape index (κ2) is 8.62. The zero-order valence-corrected chi connectivity index (χ0v) is 17.8. The summed E-state index contributed by atoms with van der Waals surface area (Å²) < 4.78 is 29.3. The van der Waals surface area contributed by atoms with Crippen LogP contribution in [0.15, 0.2) is 59.6 Å². The van der Waals surface area contributed by atoms with Crippen molar-refractivity contribution in [1.82, 2.24) is 9.88 Å². The smallest absolute Gasteiger partial charge is 0.253 e. The molecule has 0 bridgehead atoms. The van der Waals surface area contributed by atoms with Crippen molar-refractivity contribution in [3.63, 3.8) is 0 Å². The number of H-pyrrole nitrogens is 1. The molecule has 1 N–H and O–H groups in total. The maximum absolute atomic E-state index is 12.9. The molecular weight excluding hydrogens is 400 g/mol. The van der Waals surface area contributed by atoms with Gasteiger partial charge in [-0.25, -0.2) is 8.42 Å². The number of hydrogen-bond acceptors (Lipinski definition) is 4. The maximum Gasteiger partial charge on any atom is 0.253 e. The highest BCUT2D eigenvalue weighted by Crippen LogP contribution is 2.33. The van der Waals surface area contributed by atoms with Crippen LogP contribution in [0.3, 0.4) is 0 Å². The molecule has 6 nitrogen and oxygen atoms in total. The first-order chi connectivity index (χ1) is 14.5. The predicted octanol–water partition coefficient (Wildman–Crippen LogP) is 3.61. The van der Waals surface area contributed by atoms with Gasteiger partial charge in [0.2, 0.25) is 0 Å². The predicted molar refractivity (Wildman–Crippen MR) is 117 cm³/mol. The summed E-state index contributed by atoms with van der Waals surface area (Å²) in [6.07, 6.45) is 3.92.